The van der Waals surface area contributed by atoms with E-state index in [1.807, 2.05) is 20.8 Å². The van der Waals surface area contributed by atoms with Crippen molar-refractivity contribution in [2.75, 3.05) is 0 Å². The fraction of sp³-hybridized carbons (Fsp3) is 0.350. The molecule has 138 valence electrons. The Hall–Kier alpha value is -2.73. The number of hydrogen-bond donors (Lipinski definition) is 2. The fourth-order valence-corrected chi connectivity index (χ4v) is 2.34. The van der Waals surface area contributed by atoms with E-state index in [1.54, 1.807) is 42.5 Å². The van der Waals surface area contributed by atoms with E-state index < -0.39 is 12.1 Å². The second-order valence-corrected chi connectivity index (χ2v) is 6.32. The van der Waals surface area contributed by atoms with Gasteiger partial charge in [-0.05, 0) is 60.4 Å². The largest absolute Gasteiger partial charge is 0.508 e. The number of carbonyl (C=O) groups is 1. The molecule has 2 aromatic carbocycles. The van der Waals surface area contributed by atoms with Crippen LogP contribution in [-0.2, 0) is 4.79 Å². The van der Waals surface area contributed by atoms with Gasteiger partial charge in [-0.1, -0.05) is 27.2 Å². The first-order valence-electron chi connectivity index (χ1n) is 8.65. The monoisotopic (exact) mass is 356 g/mol. The molecule has 1 atom stereocenters. The molecule has 0 saturated heterocycles. The minimum Gasteiger partial charge on any atom is -0.508 e. The van der Waals surface area contributed by atoms with Gasteiger partial charge < -0.3 is 14.9 Å². The van der Waals surface area contributed by atoms with Crippen molar-refractivity contribution in [1.82, 2.24) is 0 Å². The third-order valence-corrected chi connectivity index (χ3v) is 3.80. The second kappa shape index (κ2) is 9.10. The number of carbonyl (C=O) groups excluding carboxylic acids is 1. The molecule has 0 amide bonds. The average molecular weight is 356 g/mol. The molecule has 0 fully saturated rings. The van der Waals surface area contributed by atoms with Crippen LogP contribution in [0.1, 0.15) is 45.1 Å². The van der Waals surface area contributed by atoms with Crippen LogP contribution in [-0.4, -0.2) is 22.3 Å². The molecule has 0 aliphatic heterocycles. The Balaban J connectivity index is 2.04. The number of phenolic OH excluding ortho intramolecular Hbond substituents is 1. The van der Waals surface area contributed by atoms with E-state index in [9.17, 15) is 15.0 Å². The first-order chi connectivity index (χ1) is 12.4. The summed E-state index contributed by atoms with van der Waals surface area (Å²) < 4.78 is 5.11. The lowest BCUT2D eigenvalue weighted by Crippen LogP contribution is -2.25. The van der Waals surface area contributed by atoms with Gasteiger partial charge in [-0.25, -0.2) is 4.79 Å². The zero-order valence-electron chi connectivity index (χ0n) is 15.2. The summed E-state index contributed by atoms with van der Waals surface area (Å²) in [6, 6.07) is 11.6. The smallest absolute Gasteiger partial charge is 0.340 e. The highest BCUT2D eigenvalue weighted by atomic mass is 16.5. The summed E-state index contributed by atoms with van der Waals surface area (Å²) in [5, 5.41) is 27.7. The number of aromatic hydroxyl groups is 1. The van der Waals surface area contributed by atoms with E-state index in [0.717, 1.165) is 5.56 Å². The highest BCUT2D eigenvalue weighted by molar-refractivity contribution is 5.76. The van der Waals surface area contributed by atoms with Crippen LogP contribution in [0.25, 0.3) is 0 Å². The van der Waals surface area contributed by atoms with Gasteiger partial charge >= 0.3 is 5.97 Å². The Labute approximate surface area is 153 Å². The molecular formula is C20H24N2O4. The van der Waals surface area contributed by atoms with Crippen LogP contribution in [0.4, 0.5) is 11.4 Å². The molecule has 26 heavy (non-hydrogen) atoms. The van der Waals surface area contributed by atoms with Gasteiger partial charge in [0.15, 0.2) is 6.10 Å². The van der Waals surface area contributed by atoms with Gasteiger partial charge in [0, 0.05) is 0 Å². The van der Waals surface area contributed by atoms with Gasteiger partial charge in [-0.2, -0.15) is 10.2 Å². The number of nitrogens with zero attached hydrogens (tertiary/aromatic N) is 2. The van der Waals surface area contributed by atoms with Crippen LogP contribution in [0.3, 0.4) is 0 Å². The van der Waals surface area contributed by atoms with Crippen LogP contribution < -0.4 is 4.74 Å². The molecule has 0 saturated carbocycles. The summed E-state index contributed by atoms with van der Waals surface area (Å²) in [6.07, 6.45) is -0.0365. The quantitative estimate of drug-likeness (QED) is 0.415. The molecule has 0 radical (unpaired) electrons. The number of ether oxygens (including phenoxy) is 1. The van der Waals surface area contributed by atoms with Crippen LogP contribution in [0.2, 0.25) is 0 Å². The van der Waals surface area contributed by atoms with Crippen molar-refractivity contribution in [2.45, 2.75) is 45.6 Å². The van der Waals surface area contributed by atoms with Crippen LogP contribution in [0.5, 0.6) is 11.5 Å². The Morgan fingerprint density at radius 3 is 2.31 bits per heavy atom. The number of hydrogen-bond acceptors (Lipinski definition) is 6. The van der Waals surface area contributed by atoms with Gasteiger partial charge in [0.2, 0.25) is 0 Å². The maximum Gasteiger partial charge on any atom is 0.340 e. The molecule has 0 aliphatic rings. The maximum absolute atomic E-state index is 11.7. The summed E-state index contributed by atoms with van der Waals surface area (Å²) in [5.74, 6) is 0.111. The van der Waals surface area contributed by atoms with E-state index in [2.05, 4.69) is 10.2 Å². The lowest BCUT2D eigenvalue weighted by Gasteiger charge is -2.09. The first-order valence-corrected chi connectivity index (χ1v) is 8.65. The van der Waals surface area contributed by atoms with E-state index in [-0.39, 0.29) is 11.7 Å². The minimum absolute atomic E-state index is 0.183. The molecule has 0 bridgehead atoms. The highest BCUT2D eigenvalue weighted by Crippen LogP contribution is 2.30. The number of phenols is 1. The third kappa shape index (κ3) is 5.39. The van der Waals surface area contributed by atoms with Crippen molar-refractivity contribution in [3.63, 3.8) is 0 Å². The summed E-state index contributed by atoms with van der Waals surface area (Å²) in [6.45, 7) is 5.87. The lowest BCUT2D eigenvalue weighted by atomic mass is 10.0. The molecule has 0 aromatic heterocycles. The lowest BCUT2D eigenvalue weighted by molar-refractivity contribution is -0.144. The normalized spacial score (nSPS) is 12.5. The van der Waals surface area contributed by atoms with Gasteiger partial charge in [0.05, 0.1) is 11.4 Å². The number of esters is 1. The Morgan fingerprint density at radius 2 is 1.69 bits per heavy atom. The zero-order chi connectivity index (χ0) is 19.1. The third-order valence-electron chi connectivity index (χ3n) is 3.80. The summed E-state index contributed by atoms with van der Waals surface area (Å²) in [4.78, 5) is 11.7. The molecule has 6 nitrogen and oxygen atoms in total. The van der Waals surface area contributed by atoms with E-state index in [0.29, 0.717) is 30.0 Å². The Kier molecular flexibility index (Phi) is 6.86. The van der Waals surface area contributed by atoms with Gasteiger partial charge in [-0.15, -0.1) is 0 Å². The molecule has 0 spiro atoms. The molecule has 6 heteroatoms. The van der Waals surface area contributed by atoms with Crippen LogP contribution in [0, 0.1) is 0 Å². The summed E-state index contributed by atoms with van der Waals surface area (Å²) in [5.41, 5.74) is 2.05. The standard InChI is InChI=1S/C20H24N2O4/c1-4-5-19(24)20(25)26-16-9-6-14(7-10-16)21-22-15-8-11-18(23)17(12-15)13(2)3/h6-13,19,23-24H,4-5H2,1-3H3. The predicted octanol–water partition coefficient (Wildman–Crippen LogP) is 5.00. The van der Waals surface area contributed by atoms with E-state index in [1.165, 1.54) is 0 Å². The van der Waals surface area contributed by atoms with E-state index >= 15 is 0 Å². The molecule has 2 aromatic rings. The number of rotatable bonds is 7. The van der Waals surface area contributed by atoms with Crippen molar-refractivity contribution in [3.8, 4) is 11.5 Å². The Morgan fingerprint density at radius 1 is 1.08 bits per heavy atom. The maximum atomic E-state index is 11.7. The van der Waals surface area contributed by atoms with Crippen molar-refractivity contribution in [2.24, 2.45) is 10.2 Å². The second-order valence-electron chi connectivity index (χ2n) is 6.32. The van der Waals surface area contributed by atoms with Crippen molar-refractivity contribution >= 4 is 17.3 Å². The molecule has 0 aliphatic carbocycles. The van der Waals surface area contributed by atoms with Gasteiger partial charge in [0.1, 0.15) is 11.5 Å². The first kappa shape index (κ1) is 19.6. The van der Waals surface area contributed by atoms with Crippen molar-refractivity contribution < 1.29 is 19.7 Å². The predicted molar refractivity (Wildman–Crippen MR) is 99.4 cm³/mol. The fourth-order valence-electron chi connectivity index (χ4n) is 2.34. The average Bonchev–Trinajstić information content (AvgIpc) is 2.62. The molecular weight excluding hydrogens is 332 g/mol. The summed E-state index contributed by atoms with van der Waals surface area (Å²) in [7, 11) is 0. The Bertz CT molecular complexity index is 770. The number of aliphatic hydroxyl groups excluding tert-OH is 1. The van der Waals surface area contributed by atoms with Gasteiger partial charge in [-0.3, -0.25) is 0 Å². The molecule has 1 unspecified atom stereocenters. The van der Waals surface area contributed by atoms with Gasteiger partial charge in [0.25, 0.3) is 0 Å². The number of benzene rings is 2. The number of azo groups is 1. The summed E-state index contributed by atoms with van der Waals surface area (Å²) >= 11 is 0. The topological polar surface area (TPSA) is 91.5 Å². The highest BCUT2D eigenvalue weighted by Gasteiger charge is 2.16. The molecule has 0 heterocycles. The van der Waals surface area contributed by atoms with Crippen LogP contribution >= 0.6 is 0 Å². The van der Waals surface area contributed by atoms with Crippen LogP contribution in [0.15, 0.2) is 52.7 Å². The van der Waals surface area contributed by atoms with E-state index in [4.69, 9.17) is 4.74 Å². The van der Waals surface area contributed by atoms with Crippen molar-refractivity contribution in [1.29, 1.82) is 0 Å². The van der Waals surface area contributed by atoms with Crippen molar-refractivity contribution in [3.05, 3.63) is 48.0 Å². The minimum atomic E-state index is -1.11. The zero-order valence-corrected chi connectivity index (χ0v) is 15.2. The SMILES string of the molecule is CCCC(O)C(=O)Oc1ccc(N=Nc2ccc(O)c(C(C)C)c2)cc1. The molecule has 2 N–H and O–H groups in total. The molecule has 2 rings (SSSR count). The number of aliphatic hydroxyl groups is 1.